The average Bonchev–Trinajstić information content (AvgIpc) is 3.65. The molecule has 2 saturated heterocycles. The number of piperazine rings is 1. The zero-order valence-electron chi connectivity index (χ0n) is 24.4. The van der Waals surface area contributed by atoms with Gasteiger partial charge in [0.05, 0.1) is 21.2 Å². The number of likely N-dealkylation sites (tertiary alicyclic amines) is 1. The third-order valence-electron chi connectivity index (χ3n) is 8.48. The number of hydrogen-bond acceptors (Lipinski definition) is 7. The molecule has 220 valence electrons. The largest absolute Gasteiger partial charge is 0.335 e. The molecule has 0 N–H and O–H groups in total. The third kappa shape index (κ3) is 5.94. The molecule has 4 aromatic rings. The molecule has 2 aliphatic rings. The number of aromatic nitrogens is 2. The van der Waals surface area contributed by atoms with Crippen LogP contribution in [0, 0.1) is 6.92 Å². The Hall–Kier alpha value is -3.31. The summed E-state index contributed by atoms with van der Waals surface area (Å²) in [5.41, 5.74) is 4.11. The summed E-state index contributed by atoms with van der Waals surface area (Å²) in [4.78, 5) is 22.9. The molecule has 2 fully saturated rings. The number of carbonyl (C=O) groups is 1. The van der Waals surface area contributed by atoms with Crippen LogP contribution in [0.4, 0.5) is 0 Å². The molecule has 0 bridgehead atoms. The lowest BCUT2D eigenvalue weighted by Gasteiger charge is -2.42. The Morgan fingerprint density at radius 3 is 2.31 bits per heavy atom. The maximum Gasteiger partial charge on any atom is 0.274 e. The number of para-hydroxylation sites is 1. The summed E-state index contributed by atoms with van der Waals surface area (Å²) >= 11 is 1.56. The molecule has 8 nitrogen and oxygen atoms in total. The number of aryl methyl sites for hydroxylation is 1. The summed E-state index contributed by atoms with van der Waals surface area (Å²) in [6.07, 6.45) is 3.60. The van der Waals surface area contributed by atoms with Crippen molar-refractivity contribution >= 4 is 27.1 Å². The molecule has 0 atom stereocenters. The number of rotatable bonds is 6. The molecule has 2 aliphatic heterocycles. The molecule has 0 saturated carbocycles. The van der Waals surface area contributed by atoms with E-state index in [9.17, 15) is 13.2 Å². The molecule has 42 heavy (non-hydrogen) atoms. The zero-order valence-corrected chi connectivity index (χ0v) is 26.0. The van der Waals surface area contributed by atoms with Gasteiger partial charge in [0.15, 0.2) is 15.5 Å². The minimum atomic E-state index is -3.31. The first-order valence-corrected chi connectivity index (χ1v) is 17.2. The molecule has 0 unspecified atom stereocenters. The number of thiophene rings is 1. The number of piperidine rings is 1. The number of nitrogens with zero attached hydrogens (tertiary/aromatic N) is 5. The standard InChI is InChI=1S/C32H37N5O3S2/c1-23-7-4-5-10-28(23)37-29(31-12-11-30(41-31)24-8-6-9-26(21-24)42(3,39)40)22-27(33-37)32(38)36-19-17-35(18-20-36)25-13-15-34(2)16-14-25/h4-12,21-22,25H,13-20H2,1-3H3. The summed E-state index contributed by atoms with van der Waals surface area (Å²) in [5.74, 6) is -0.0377. The van der Waals surface area contributed by atoms with Crippen LogP contribution >= 0.6 is 11.3 Å². The van der Waals surface area contributed by atoms with E-state index in [4.69, 9.17) is 5.10 Å². The highest BCUT2D eigenvalue weighted by molar-refractivity contribution is 7.90. The molecule has 4 heterocycles. The average molecular weight is 604 g/mol. The van der Waals surface area contributed by atoms with Gasteiger partial charge in [-0.25, -0.2) is 13.1 Å². The van der Waals surface area contributed by atoms with Crippen molar-refractivity contribution in [2.45, 2.75) is 30.7 Å². The van der Waals surface area contributed by atoms with Crippen molar-refractivity contribution in [3.63, 3.8) is 0 Å². The Morgan fingerprint density at radius 1 is 0.881 bits per heavy atom. The van der Waals surface area contributed by atoms with Crippen LogP contribution in [0.2, 0.25) is 0 Å². The van der Waals surface area contributed by atoms with Crippen molar-refractivity contribution in [3.05, 3.63) is 78.0 Å². The topological polar surface area (TPSA) is 78.8 Å². The minimum Gasteiger partial charge on any atom is -0.335 e. The Kier molecular flexibility index (Phi) is 8.06. The van der Waals surface area contributed by atoms with Crippen LogP contribution in [-0.4, -0.2) is 97.4 Å². The van der Waals surface area contributed by atoms with Gasteiger partial charge in [-0.15, -0.1) is 11.3 Å². The lowest BCUT2D eigenvalue weighted by Crippen LogP contribution is -2.54. The van der Waals surface area contributed by atoms with Crippen LogP contribution in [0.5, 0.6) is 0 Å². The normalized spacial score (nSPS) is 17.5. The summed E-state index contributed by atoms with van der Waals surface area (Å²) in [6, 6.07) is 21.6. The number of sulfone groups is 1. The first-order chi connectivity index (χ1) is 20.2. The summed E-state index contributed by atoms with van der Waals surface area (Å²) in [6.45, 7) is 7.52. The van der Waals surface area contributed by atoms with Crippen molar-refractivity contribution in [2.24, 2.45) is 0 Å². The summed E-state index contributed by atoms with van der Waals surface area (Å²) < 4.78 is 26.1. The van der Waals surface area contributed by atoms with Gasteiger partial charge < -0.3 is 9.80 Å². The molecule has 0 radical (unpaired) electrons. The van der Waals surface area contributed by atoms with Gasteiger partial charge in [-0.2, -0.15) is 5.10 Å². The maximum atomic E-state index is 13.8. The van der Waals surface area contributed by atoms with Gasteiger partial charge in [0.25, 0.3) is 5.91 Å². The Labute approximate surface area is 252 Å². The van der Waals surface area contributed by atoms with E-state index >= 15 is 0 Å². The predicted molar refractivity (Wildman–Crippen MR) is 168 cm³/mol. The third-order valence-corrected chi connectivity index (χ3v) is 10.8. The Bertz CT molecular complexity index is 1690. The lowest BCUT2D eigenvalue weighted by molar-refractivity contribution is 0.0470. The summed E-state index contributed by atoms with van der Waals surface area (Å²) in [7, 11) is -1.13. The molecular formula is C32H37N5O3S2. The quantitative estimate of drug-likeness (QED) is 0.314. The van der Waals surface area contributed by atoms with E-state index in [0.717, 1.165) is 58.4 Å². The highest BCUT2D eigenvalue weighted by Gasteiger charge is 2.30. The number of benzene rings is 2. The second-order valence-corrected chi connectivity index (χ2v) is 14.5. The molecule has 1 amide bonds. The number of hydrogen-bond donors (Lipinski definition) is 0. The smallest absolute Gasteiger partial charge is 0.274 e. The Balaban J connectivity index is 1.28. The van der Waals surface area contributed by atoms with Gasteiger partial charge in [0.2, 0.25) is 0 Å². The van der Waals surface area contributed by atoms with Crippen molar-refractivity contribution < 1.29 is 13.2 Å². The second-order valence-electron chi connectivity index (χ2n) is 11.4. The van der Waals surface area contributed by atoms with Crippen molar-refractivity contribution in [2.75, 3.05) is 52.6 Å². The molecule has 0 spiro atoms. The molecular weight excluding hydrogens is 567 g/mol. The number of amides is 1. The van der Waals surface area contributed by atoms with Gasteiger partial charge in [0.1, 0.15) is 0 Å². The SMILES string of the molecule is Cc1ccccc1-n1nc(C(=O)N2CCN(C3CCN(C)CC3)CC2)cc1-c1ccc(-c2cccc(S(C)(=O)=O)c2)s1. The van der Waals surface area contributed by atoms with Crippen LogP contribution in [0.1, 0.15) is 28.9 Å². The van der Waals surface area contributed by atoms with E-state index in [2.05, 4.69) is 16.8 Å². The highest BCUT2D eigenvalue weighted by atomic mass is 32.2. The monoisotopic (exact) mass is 603 g/mol. The van der Waals surface area contributed by atoms with E-state index < -0.39 is 9.84 Å². The van der Waals surface area contributed by atoms with Crippen LogP contribution in [0.3, 0.4) is 0 Å². The van der Waals surface area contributed by atoms with Crippen LogP contribution in [-0.2, 0) is 9.84 Å². The van der Waals surface area contributed by atoms with Crippen LogP contribution in [0.15, 0.2) is 71.6 Å². The maximum absolute atomic E-state index is 13.8. The predicted octanol–water partition coefficient (Wildman–Crippen LogP) is 4.83. The molecule has 10 heteroatoms. The van der Waals surface area contributed by atoms with Crippen molar-refractivity contribution in [1.29, 1.82) is 0 Å². The molecule has 2 aromatic heterocycles. The minimum absolute atomic E-state index is 0.0377. The fraction of sp³-hybridized carbons (Fsp3) is 0.375. The van der Waals surface area contributed by atoms with Crippen LogP contribution < -0.4 is 0 Å². The van der Waals surface area contributed by atoms with E-state index in [1.54, 1.807) is 29.5 Å². The van der Waals surface area contributed by atoms with E-state index in [-0.39, 0.29) is 5.91 Å². The second kappa shape index (κ2) is 11.8. The van der Waals surface area contributed by atoms with Gasteiger partial charge in [0, 0.05) is 43.4 Å². The van der Waals surface area contributed by atoms with E-state index in [1.165, 1.54) is 19.1 Å². The van der Waals surface area contributed by atoms with E-state index in [1.807, 2.05) is 65.0 Å². The van der Waals surface area contributed by atoms with Gasteiger partial charge in [-0.3, -0.25) is 9.69 Å². The van der Waals surface area contributed by atoms with Gasteiger partial charge in [-0.1, -0.05) is 30.3 Å². The first kappa shape index (κ1) is 28.8. The molecule has 2 aromatic carbocycles. The fourth-order valence-electron chi connectivity index (χ4n) is 5.97. The van der Waals surface area contributed by atoms with Gasteiger partial charge in [-0.05, 0) is 87.4 Å². The molecule has 0 aliphatic carbocycles. The van der Waals surface area contributed by atoms with E-state index in [0.29, 0.717) is 29.7 Å². The molecule has 6 rings (SSSR count). The highest BCUT2D eigenvalue weighted by Crippen LogP contribution is 2.37. The Morgan fingerprint density at radius 2 is 1.60 bits per heavy atom. The van der Waals surface area contributed by atoms with Crippen molar-refractivity contribution in [3.8, 4) is 26.7 Å². The number of carbonyl (C=O) groups excluding carboxylic acids is 1. The van der Waals surface area contributed by atoms with Gasteiger partial charge >= 0.3 is 0 Å². The fourth-order valence-corrected chi connectivity index (χ4v) is 7.64. The first-order valence-electron chi connectivity index (χ1n) is 14.5. The van der Waals surface area contributed by atoms with Crippen LogP contribution in [0.25, 0.3) is 26.7 Å². The zero-order chi connectivity index (χ0) is 29.4. The van der Waals surface area contributed by atoms with Crippen molar-refractivity contribution in [1.82, 2.24) is 24.5 Å². The summed E-state index contributed by atoms with van der Waals surface area (Å²) in [5, 5.41) is 4.87. The lowest BCUT2D eigenvalue weighted by atomic mass is 10.0.